The van der Waals surface area contributed by atoms with Crippen molar-refractivity contribution in [2.75, 3.05) is 0 Å². The second-order valence-electron chi connectivity index (χ2n) is 11.5. The fourth-order valence-electron chi connectivity index (χ4n) is 8.94. The molecule has 0 aromatic heterocycles. The number of fused-ring (bicyclic) bond motifs is 5. The van der Waals surface area contributed by atoms with Crippen molar-refractivity contribution in [1.29, 1.82) is 0 Å². The van der Waals surface area contributed by atoms with E-state index >= 15 is 0 Å². The van der Waals surface area contributed by atoms with Gasteiger partial charge in [-0.25, -0.2) is 0 Å². The van der Waals surface area contributed by atoms with Crippen LogP contribution in [0.1, 0.15) is 91.4 Å². The normalized spacial score (nSPS) is 48.3. The van der Waals surface area contributed by atoms with Crippen molar-refractivity contribution in [3.63, 3.8) is 0 Å². The number of hydrogen-bond donors (Lipinski definition) is 4. The maximum Gasteiger partial charge on any atom is 0.302 e. The predicted molar refractivity (Wildman–Crippen MR) is 109 cm³/mol. The van der Waals surface area contributed by atoms with E-state index in [9.17, 15) is 20.4 Å². The van der Waals surface area contributed by atoms with Gasteiger partial charge >= 0.3 is 5.97 Å². The molecule has 0 heterocycles. The van der Waals surface area contributed by atoms with Crippen molar-refractivity contribution in [2.45, 2.75) is 103 Å². The highest BCUT2D eigenvalue weighted by molar-refractivity contribution is 5.09. The van der Waals surface area contributed by atoms with Gasteiger partial charge in [0.1, 0.15) is 6.10 Å². The molecular weight excluding hydrogens is 352 g/mol. The first-order chi connectivity index (χ1) is 13.1. The molecule has 4 aliphatic carbocycles. The van der Waals surface area contributed by atoms with Gasteiger partial charge in [0, 0.05) is 0 Å². The van der Waals surface area contributed by atoms with Crippen LogP contribution in [0.4, 0.5) is 0 Å². The van der Waals surface area contributed by atoms with Crippen molar-refractivity contribution in [2.24, 2.45) is 46.3 Å². The van der Waals surface area contributed by atoms with E-state index < -0.39 is 12.1 Å². The number of rotatable bonds is 4. The standard InChI is InChI=1S/C24H42O4/c1-15(14-21(25)24(26,27)28)18-9-10-19-17-8-7-16-6-4-5-12-22(16,2)20(17)11-13-23(18,19)3/h15-21,25-28H,4-14H2,1-3H3/t15-,16+,17+,18-,19+,20+,21?,22+,23-/m1/s1. The summed E-state index contributed by atoms with van der Waals surface area (Å²) < 4.78 is 0. The highest BCUT2D eigenvalue weighted by atomic mass is 16.7. The Morgan fingerprint density at radius 3 is 2.29 bits per heavy atom. The van der Waals surface area contributed by atoms with Crippen molar-refractivity contribution >= 4 is 0 Å². The molecule has 0 bridgehead atoms. The predicted octanol–water partition coefficient (Wildman–Crippen LogP) is 4.05. The SMILES string of the molecule is C[C@H](CC(O)C(O)(O)O)[C@H]1CC[C@H]2[C@@H]3CC[C@@H]4CCCC[C@]4(C)[C@H]3CC[C@]12C. The van der Waals surface area contributed by atoms with E-state index in [0.29, 0.717) is 16.7 Å². The largest absolute Gasteiger partial charge is 0.385 e. The lowest BCUT2D eigenvalue weighted by molar-refractivity contribution is -0.357. The Morgan fingerprint density at radius 2 is 1.57 bits per heavy atom. The Labute approximate surface area is 170 Å². The second-order valence-corrected chi connectivity index (χ2v) is 11.5. The molecule has 0 radical (unpaired) electrons. The topological polar surface area (TPSA) is 80.9 Å². The van der Waals surface area contributed by atoms with Crippen LogP contribution >= 0.6 is 0 Å². The Kier molecular flexibility index (Phi) is 5.43. The van der Waals surface area contributed by atoms with E-state index in [-0.39, 0.29) is 12.3 Å². The molecule has 4 fully saturated rings. The average Bonchev–Trinajstić information content (AvgIpc) is 2.97. The van der Waals surface area contributed by atoms with E-state index in [1.54, 1.807) is 0 Å². The molecule has 4 rings (SSSR count). The van der Waals surface area contributed by atoms with Gasteiger partial charge in [0.05, 0.1) is 0 Å². The molecule has 0 saturated heterocycles. The van der Waals surface area contributed by atoms with Crippen molar-refractivity contribution in [3.05, 3.63) is 0 Å². The van der Waals surface area contributed by atoms with Gasteiger partial charge in [0.25, 0.3) is 0 Å². The van der Waals surface area contributed by atoms with E-state index in [1.165, 1.54) is 64.2 Å². The Hall–Kier alpha value is -0.160. The summed E-state index contributed by atoms with van der Waals surface area (Å²) in [5, 5.41) is 38.0. The van der Waals surface area contributed by atoms with E-state index in [0.717, 1.165) is 23.7 Å². The molecule has 0 amide bonds. The number of aliphatic hydroxyl groups is 4. The average molecular weight is 395 g/mol. The summed E-state index contributed by atoms with van der Waals surface area (Å²) in [5.74, 6) is 1.15. The van der Waals surface area contributed by atoms with Crippen LogP contribution in [-0.2, 0) is 0 Å². The summed E-state index contributed by atoms with van der Waals surface area (Å²) in [4.78, 5) is 0. The van der Waals surface area contributed by atoms with Crippen LogP contribution < -0.4 is 0 Å². The molecule has 4 aliphatic rings. The fourth-order valence-corrected chi connectivity index (χ4v) is 8.94. The molecular formula is C24H42O4. The number of hydrogen-bond acceptors (Lipinski definition) is 4. The van der Waals surface area contributed by atoms with Crippen LogP contribution in [0.15, 0.2) is 0 Å². The molecule has 4 heteroatoms. The minimum Gasteiger partial charge on any atom is -0.385 e. The van der Waals surface area contributed by atoms with Crippen LogP contribution in [-0.4, -0.2) is 32.5 Å². The molecule has 4 saturated carbocycles. The third-order valence-corrected chi connectivity index (χ3v) is 10.4. The Morgan fingerprint density at radius 1 is 0.857 bits per heavy atom. The molecule has 0 aromatic rings. The van der Waals surface area contributed by atoms with Crippen molar-refractivity contribution < 1.29 is 20.4 Å². The highest BCUT2D eigenvalue weighted by Gasteiger charge is 2.60. The lowest BCUT2D eigenvalue weighted by atomic mass is 9.44. The minimum absolute atomic E-state index is 0.175. The van der Waals surface area contributed by atoms with Gasteiger partial charge in [-0.1, -0.05) is 33.6 Å². The summed E-state index contributed by atoms with van der Waals surface area (Å²) in [6, 6.07) is 0. The highest BCUT2D eigenvalue weighted by Crippen LogP contribution is 2.68. The summed E-state index contributed by atoms with van der Waals surface area (Å²) >= 11 is 0. The molecule has 0 aromatic carbocycles. The van der Waals surface area contributed by atoms with Gasteiger partial charge in [0.15, 0.2) is 0 Å². The monoisotopic (exact) mass is 394 g/mol. The van der Waals surface area contributed by atoms with E-state index in [4.69, 9.17) is 0 Å². The third-order valence-electron chi connectivity index (χ3n) is 10.4. The smallest absolute Gasteiger partial charge is 0.302 e. The third kappa shape index (κ3) is 3.27. The molecule has 9 atom stereocenters. The molecule has 4 N–H and O–H groups in total. The van der Waals surface area contributed by atoms with Gasteiger partial charge in [-0.3, -0.25) is 0 Å². The first-order valence-corrected chi connectivity index (χ1v) is 11.9. The quantitative estimate of drug-likeness (QED) is 0.542. The zero-order valence-corrected chi connectivity index (χ0v) is 18.1. The lowest BCUT2D eigenvalue weighted by Gasteiger charge is -2.61. The van der Waals surface area contributed by atoms with Crippen molar-refractivity contribution in [3.8, 4) is 0 Å². The first kappa shape index (κ1) is 21.1. The minimum atomic E-state index is -2.99. The summed E-state index contributed by atoms with van der Waals surface area (Å²) in [7, 11) is 0. The Bertz CT molecular complexity index is 571. The van der Waals surface area contributed by atoms with Gasteiger partial charge in [-0.05, 0) is 104 Å². The zero-order valence-electron chi connectivity index (χ0n) is 18.1. The summed E-state index contributed by atoms with van der Waals surface area (Å²) in [6.45, 7) is 7.22. The van der Waals surface area contributed by atoms with E-state index in [1.807, 2.05) is 0 Å². The van der Waals surface area contributed by atoms with Crippen LogP contribution in [0.5, 0.6) is 0 Å². The number of aliphatic hydroxyl groups excluding tert-OH is 1. The van der Waals surface area contributed by atoms with Crippen LogP contribution in [0.2, 0.25) is 0 Å². The van der Waals surface area contributed by atoms with Gasteiger partial charge in [-0.15, -0.1) is 0 Å². The van der Waals surface area contributed by atoms with E-state index in [2.05, 4.69) is 20.8 Å². The second kappa shape index (κ2) is 7.21. The van der Waals surface area contributed by atoms with Gasteiger partial charge < -0.3 is 20.4 Å². The van der Waals surface area contributed by atoms with Crippen molar-refractivity contribution in [1.82, 2.24) is 0 Å². The lowest BCUT2D eigenvalue weighted by Crippen LogP contribution is -2.53. The molecule has 28 heavy (non-hydrogen) atoms. The van der Waals surface area contributed by atoms with Crippen LogP contribution in [0.25, 0.3) is 0 Å². The first-order valence-electron chi connectivity index (χ1n) is 11.9. The molecule has 0 aliphatic heterocycles. The molecule has 162 valence electrons. The maximum atomic E-state index is 10.00. The maximum absolute atomic E-state index is 10.00. The molecule has 0 spiro atoms. The fraction of sp³-hybridized carbons (Fsp3) is 1.00. The van der Waals surface area contributed by atoms with Crippen LogP contribution in [0, 0.1) is 46.3 Å². The molecule has 1 unspecified atom stereocenters. The zero-order chi connectivity index (χ0) is 20.3. The summed E-state index contributed by atoms with van der Waals surface area (Å²) in [6.07, 6.45) is 12.4. The molecule has 4 nitrogen and oxygen atoms in total. The summed E-state index contributed by atoms with van der Waals surface area (Å²) in [5.41, 5.74) is 0.855. The Balaban J connectivity index is 1.50. The van der Waals surface area contributed by atoms with Gasteiger partial charge in [0.2, 0.25) is 0 Å². The van der Waals surface area contributed by atoms with Crippen LogP contribution in [0.3, 0.4) is 0 Å². The van der Waals surface area contributed by atoms with Gasteiger partial charge in [-0.2, -0.15) is 0 Å².